The maximum absolute atomic E-state index is 11.7. The lowest BCUT2D eigenvalue weighted by molar-refractivity contribution is -0.142. The van der Waals surface area contributed by atoms with Gasteiger partial charge >= 0.3 is 5.97 Å². The first kappa shape index (κ1) is 12.2. The number of carboxylic acids is 1. The molecule has 0 spiro atoms. The van der Waals surface area contributed by atoms with Crippen molar-refractivity contribution in [2.24, 2.45) is 7.05 Å². The lowest BCUT2D eigenvalue weighted by Gasteiger charge is -2.31. The molecular weight excluding hydrogens is 210 g/mol. The fourth-order valence-electron chi connectivity index (χ4n) is 1.12. The molecule has 0 aliphatic rings. The Morgan fingerprint density at radius 1 is 1.56 bits per heavy atom. The van der Waals surface area contributed by atoms with E-state index in [1.54, 1.807) is 7.05 Å². The van der Waals surface area contributed by atoms with Crippen molar-refractivity contribution in [2.45, 2.75) is 19.4 Å². The predicted octanol–water partition coefficient (Wildman–Crippen LogP) is 0.0797. The molecule has 1 rings (SSSR count). The summed E-state index contributed by atoms with van der Waals surface area (Å²) in [6.07, 6.45) is 2.98. The fourth-order valence-corrected chi connectivity index (χ4v) is 1.12. The number of rotatable bonds is 3. The lowest BCUT2D eigenvalue weighted by atomic mass is 10.0. The third kappa shape index (κ3) is 1.91. The van der Waals surface area contributed by atoms with Crippen LogP contribution in [-0.4, -0.2) is 33.2 Å². The second-order valence-electron chi connectivity index (χ2n) is 4.09. The van der Waals surface area contributed by atoms with Gasteiger partial charge in [0.1, 0.15) is 5.54 Å². The van der Waals surface area contributed by atoms with Crippen molar-refractivity contribution in [1.29, 1.82) is 0 Å². The van der Waals surface area contributed by atoms with E-state index in [2.05, 4.69) is 4.98 Å². The van der Waals surface area contributed by atoms with Gasteiger partial charge in [-0.15, -0.1) is 0 Å². The highest BCUT2D eigenvalue weighted by atomic mass is 16.4. The molecular formula is C10H15N3O3. The number of nitrogens with zero attached hydrogens (tertiary/aromatic N) is 3. The van der Waals surface area contributed by atoms with Crippen molar-refractivity contribution in [3.63, 3.8) is 0 Å². The summed E-state index contributed by atoms with van der Waals surface area (Å²) in [5.41, 5.74) is -1.50. The Morgan fingerprint density at radius 2 is 2.12 bits per heavy atom. The smallest absolute Gasteiger partial charge is 0.328 e. The third-order valence-electron chi connectivity index (χ3n) is 2.68. The normalized spacial score (nSPS) is 11.2. The first-order chi connectivity index (χ1) is 7.28. The predicted molar refractivity (Wildman–Crippen MR) is 59.6 cm³/mol. The van der Waals surface area contributed by atoms with Gasteiger partial charge in [-0.3, -0.25) is 4.79 Å². The largest absolute Gasteiger partial charge is 0.480 e. The minimum absolute atomic E-state index is 0.123. The van der Waals surface area contributed by atoms with Crippen LogP contribution < -0.4 is 10.5 Å². The lowest BCUT2D eigenvalue weighted by Crippen LogP contribution is -2.50. The molecule has 6 nitrogen and oxygen atoms in total. The topological polar surface area (TPSA) is 75.4 Å². The molecule has 1 aromatic heterocycles. The highest BCUT2D eigenvalue weighted by Gasteiger charge is 2.34. The number of carboxylic acid groups (broad SMARTS) is 1. The molecule has 1 aromatic rings. The van der Waals surface area contributed by atoms with E-state index in [-0.39, 0.29) is 11.4 Å². The van der Waals surface area contributed by atoms with Gasteiger partial charge in [-0.25, -0.2) is 9.78 Å². The molecule has 0 aliphatic carbocycles. The zero-order chi connectivity index (χ0) is 12.5. The van der Waals surface area contributed by atoms with Crippen LogP contribution in [0.4, 0.5) is 5.82 Å². The molecule has 0 radical (unpaired) electrons. The van der Waals surface area contributed by atoms with Gasteiger partial charge in [0.2, 0.25) is 0 Å². The van der Waals surface area contributed by atoms with Crippen LogP contribution in [0.2, 0.25) is 0 Å². The van der Waals surface area contributed by atoms with Crippen molar-refractivity contribution in [3.05, 3.63) is 22.7 Å². The highest BCUT2D eigenvalue weighted by Crippen LogP contribution is 2.16. The molecule has 0 saturated carbocycles. The molecule has 0 saturated heterocycles. The number of anilines is 1. The number of aromatic nitrogens is 2. The summed E-state index contributed by atoms with van der Waals surface area (Å²) >= 11 is 0. The minimum Gasteiger partial charge on any atom is -0.480 e. The van der Waals surface area contributed by atoms with Gasteiger partial charge in [0.05, 0.1) is 0 Å². The average Bonchev–Trinajstić information content (AvgIpc) is 2.21. The Balaban J connectivity index is 3.25. The molecule has 1 heterocycles. The summed E-state index contributed by atoms with van der Waals surface area (Å²) in [6, 6.07) is 0. The quantitative estimate of drug-likeness (QED) is 0.788. The van der Waals surface area contributed by atoms with Gasteiger partial charge in [-0.1, -0.05) is 0 Å². The zero-order valence-corrected chi connectivity index (χ0v) is 9.76. The minimum atomic E-state index is -1.18. The zero-order valence-electron chi connectivity index (χ0n) is 9.76. The maximum atomic E-state index is 11.7. The molecule has 0 bridgehead atoms. The molecule has 0 unspecified atom stereocenters. The third-order valence-corrected chi connectivity index (χ3v) is 2.68. The van der Waals surface area contributed by atoms with Crippen LogP contribution in [0.15, 0.2) is 17.2 Å². The molecule has 6 heteroatoms. The van der Waals surface area contributed by atoms with Crippen LogP contribution in [0.5, 0.6) is 0 Å². The van der Waals surface area contributed by atoms with Gasteiger partial charge in [0.15, 0.2) is 5.82 Å². The number of likely N-dealkylation sites (N-methyl/N-ethyl adjacent to an activating group) is 1. The first-order valence-corrected chi connectivity index (χ1v) is 4.77. The fraction of sp³-hybridized carbons (Fsp3) is 0.500. The van der Waals surface area contributed by atoms with Crippen molar-refractivity contribution >= 4 is 11.8 Å². The van der Waals surface area contributed by atoms with Crippen molar-refractivity contribution in [2.75, 3.05) is 11.9 Å². The Labute approximate surface area is 93.1 Å². The summed E-state index contributed by atoms with van der Waals surface area (Å²) in [4.78, 5) is 28.1. The van der Waals surface area contributed by atoms with E-state index in [4.69, 9.17) is 5.11 Å². The monoisotopic (exact) mass is 225 g/mol. The van der Waals surface area contributed by atoms with E-state index in [1.807, 2.05) is 0 Å². The summed E-state index contributed by atoms with van der Waals surface area (Å²) in [5.74, 6) is -0.889. The molecule has 0 aromatic carbocycles. The molecule has 0 fully saturated rings. The molecule has 0 amide bonds. The van der Waals surface area contributed by atoms with Crippen LogP contribution >= 0.6 is 0 Å². The maximum Gasteiger partial charge on any atom is 0.328 e. The Morgan fingerprint density at radius 3 is 2.62 bits per heavy atom. The van der Waals surface area contributed by atoms with Crippen molar-refractivity contribution < 1.29 is 9.90 Å². The van der Waals surface area contributed by atoms with Crippen molar-refractivity contribution in [1.82, 2.24) is 9.55 Å². The summed E-state index contributed by atoms with van der Waals surface area (Å²) in [5, 5.41) is 9.05. The average molecular weight is 225 g/mol. The van der Waals surface area contributed by atoms with E-state index >= 15 is 0 Å². The standard InChI is InChI=1S/C10H15N3O3/c1-10(2,9(15)16)13(4)7-8(14)12(3)6-5-11-7/h5-6H,1-4H3,(H,15,16). The van der Waals surface area contributed by atoms with Crippen LogP contribution in [0.3, 0.4) is 0 Å². The molecule has 16 heavy (non-hydrogen) atoms. The van der Waals surface area contributed by atoms with Crippen LogP contribution in [0.1, 0.15) is 13.8 Å². The first-order valence-electron chi connectivity index (χ1n) is 4.77. The van der Waals surface area contributed by atoms with Gasteiger partial charge in [-0.05, 0) is 13.8 Å². The SMILES string of the molecule is CN(c1nccn(C)c1=O)C(C)(C)C(=O)O. The number of hydrogen-bond donors (Lipinski definition) is 1. The summed E-state index contributed by atoms with van der Waals surface area (Å²) in [6.45, 7) is 3.03. The van der Waals surface area contributed by atoms with Crippen LogP contribution in [-0.2, 0) is 11.8 Å². The van der Waals surface area contributed by atoms with E-state index in [0.717, 1.165) is 0 Å². The summed E-state index contributed by atoms with van der Waals surface area (Å²) in [7, 11) is 3.13. The van der Waals surface area contributed by atoms with E-state index in [1.165, 1.54) is 42.8 Å². The number of carbonyl (C=O) groups is 1. The highest BCUT2D eigenvalue weighted by molar-refractivity contribution is 5.81. The van der Waals surface area contributed by atoms with E-state index in [0.29, 0.717) is 0 Å². The van der Waals surface area contributed by atoms with Gasteiger partial charge in [0, 0.05) is 26.5 Å². The van der Waals surface area contributed by atoms with Gasteiger partial charge in [0.25, 0.3) is 5.56 Å². The number of aryl methyl sites for hydroxylation is 1. The summed E-state index contributed by atoms with van der Waals surface area (Å²) < 4.78 is 1.36. The van der Waals surface area contributed by atoms with Crippen molar-refractivity contribution in [3.8, 4) is 0 Å². The van der Waals surface area contributed by atoms with Crippen LogP contribution in [0, 0.1) is 0 Å². The second-order valence-corrected chi connectivity index (χ2v) is 4.09. The Hall–Kier alpha value is -1.85. The number of aliphatic carboxylic acids is 1. The number of hydrogen-bond acceptors (Lipinski definition) is 4. The van der Waals surface area contributed by atoms with E-state index in [9.17, 15) is 9.59 Å². The molecule has 1 N–H and O–H groups in total. The van der Waals surface area contributed by atoms with Gasteiger partial charge < -0.3 is 14.6 Å². The Kier molecular flexibility index (Phi) is 3.02. The molecule has 0 aliphatic heterocycles. The Bertz CT molecular complexity index is 465. The van der Waals surface area contributed by atoms with Gasteiger partial charge in [-0.2, -0.15) is 0 Å². The van der Waals surface area contributed by atoms with Crippen LogP contribution in [0.25, 0.3) is 0 Å². The molecule has 0 atom stereocenters. The second kappa shape index (κ2) is 3.96. The van der Waals surface area contributed by atoms with E-state index < -0.39 is 11.5 Å². The molecule has 88 valence electrons.